The Kier molecular flexibility index (Phi) is 3.33. The fraction of sp³-hybridized carbons (Fsp3) is 0.235. The quantitative estimate of drug-likeness (QED) is 0.800. The molecule has 1 aromatic heterocycles. The molecule has 0 radical (unpaired) electrons. The molecule has 2 aliphatic rings. The summed E-state index contributed by atoms with van der Waals surface area (Å²) in [5, 5.41) is 13.4. The Hall–Kier alpha value is -2.77. The van der Waals surface area contributed by atoms with E-state index < -0.39 is 24.2 Å². The Balaban J connectivity index is 1.67. The van der Waals surface area contributed by atoms with E-state index in [1.165, 1.54) is 13.2 Å². The van der Waals surface area contributed by atoms with Gasteiger partial charge in [-0.15, -0.1) is 0 Å². The number of aromatic nitrogens is 1. The molecule has 122 valence electrons. The Morgan fingerprint density at radius 2 is 2.17 bits per heavy atom. The Bertz CT molecular complexity index is 892. The Morgan fingerprint density at radius 1 is 1.38 bits per heavy atom. The first kappa shape index (κ1) is 14.8. The number of para-hydroxylation sites is 1. The first-order valence-corrected chi connectivity index (χ1v) is 7.42. The highest BCUT2D eigenvalue weighted by atomic mass is 16.6. The van der Waals surface area contributed by atoms with Crippen molar-refractivity contribution in [3.8, 4) is 5.88 Å². The maximum atomic E-state index is 12.6. The molecule has 24 heavy (non-hydrogen) atoms. The zero-order chi connectivity index (χ0) is 16.8. The number of rotatable bonds is 3. The third-order valence-corrected chi connectivity index (χ3v) is 4.12. The average molecular weight is 326 g/mol. The van der Waals surface area contributed by atoms with Gasteiger partial charge in [0.25, 0.3) is 5.91 Å². The number of aliphatic hydroxyl groups is 1. The van der Waals surface area contributed by atoms with Gasteiger partial charge in [-0.25, -0.2) is 4.98 Å². The predicted molar refractivity (Wildman–Crippen MR) is 83.5 cm³/mol. The van der Waals surface area contributed by atoms with E-state index in [4.69, 9.17) is 9.47 Å². The third kappa shape index (κ3) is 2.34. The lowest BCUT2D eigenvalue weighted by Gasteiger charge is -2.17. The second-order valence-corrected chi connectivity index (χ2v) is 5.66. The smallest absolute Gasteiger partial charge is 0.261 e. The number of hydrogen-bond acceptors (Lipinski definition) is 6. The second kappa shape index (κ2) is 5.40. The number of carbonyl (C=O) groups excluding carboxylic acids is 2. The topological polar surface area (TPSA) is 101 Å². The lowest BCUT2D eigenvalue weighted by atomic mass is 10.0. The average Bonchev–Trinajstić information content (AvgIpc) is 3.39. The number of fused-ring (bicyclic) bond motifs is 2. The summed E-state index contributed by atoms with van der Waals surface area (Å²) in [7, 11) is 1.43. The lowest BCUT2D eigenvalue weighted by molar-refractivity contribution is -0.116. The summed E-state index contributed by atoms with van der Waals surface area (Å²) in [6.07, 6.45) is -0.986. The molecule has 0 spiro atoms. The highest BCUT2D eigenvalue weighted by molar-refractivity contribution is 6.03. The Morgan fingerprint density at radius 3 is 2.96 bits per heavy atom. The van der Waals surface area contributed by atoms with Crippen LogP contribution in [0.15, 0.2) is 42.1 Å². The van der Waals surface area contributed by atoms with E-state index in [0.717, 1.165) is 5.39 Å². The van der Waals surface area contributed by atoms with Crippen molar-refractivity contribution < 1.29 is 24.2 Å². The van der Waals surface area contributed by atoms with Crippen LogP contribution in [0, 0.1) is 0 Å². The molecule has 0 saturated carbocycles. The first-order chi connectivity index (χ1) is 11.6. The van der Waals surface area contributed by atoms with Crippen molar-refractivity contribution in [3.05, 3.63) is 47.7 Å². The van der Waals surface area contributed by atoms with Gasteiger partial charge in [0, 0.05) is 11.5 Å². The van der Waals surface area contributed by atoms with Gasteiger partial charge in [0.15, 0.2) is 5.78 Å². The highest BCUT2D eigenvalue weighted by Crippen LogP contribution is 2.33. The highest BCUT2D eigenvalue weighted by Gasteiger charge is 2.53. The molecule has 2 aromatic rings. The minimum atomic E-state index is -1.03. The maximum Gasteiger partial charge on any atom is 0.261 e. The van der Waals surface area contributed by atoms with E-state index in [1.54, 1.807) is 6.07 Å². The number of hydrogen-bond donors (Lipinski definition) is 2. The molecule has 7 heteroatoms. The molecule has 4 rings (SSSR count). The summed E-state index contributed by atoms with van der Waals surface area (Å²) in [6.45, 7) is 0. The van der Waals surface area contributed by atoms with Crippen molar-refractivity contribution >= 4 is 22.6 Å². The molecule has 1 fully saturated rings. The van der Waals surface area contributed by atoms with Gasteiger partial charge in [0.2, 0.25) is 5.88 Å². The molecule has 1 aromatic carbocycles. The van der Waals surface area contributed by atoms with E-state index >= 15 is 0 Å². The summed E-state index contributed by atoms with van der Waals surface area (Å²) < 4.78 is 10.3. The van der Waals surface area contributed by atoms with E-state index in [-0.39, 0.29) is 22.9 Å². The number of ketones is 1. The van der Waals surface area contributed by atoms with Gasteiger partial charge in [0.1, 0.15) is 23.9 Å². The number of pyridine rings is 1. The van der Waals surface area contributed by atoms with E-state index in [1.807, 2.05) is 24.3 Å². The minimum absolute atomic E-state index is 0.124. The number of nitrogens with one attached hydrogen (secondary N) is 1. The summed E-state index contributed by atoms with van der Waals surface area (Å²) in [6, 6.07) is 8.99. The summed E-state index contributed by atoms with van der Waals surface area (Å²) in [5.41, 5.74) is 1.04. The maximum absolute atomic E-state index is 12.6. The molecule has 1 aliphatic carbocycles. The van der Waals surface area contributed by atoms with E-state index in [0.29, 0.717) is 5.52 Å². The molecule has 0 bridgehead atoms. The predicted octanol–water partition coefficient (Wildman–Crippen LogP) is 0.568. The van der Waals surface area contributed by atoms with Gasteiger partial charge < -0.3 is 19.9 Å². The van der Waals surface area contributed by atoms with Crippen LogP contribution in [0.25, 0.3) is 10.9 Å². The van der Waals surface area contributed by atoms with Crippen LogP contribution < -0.4 is 10.1 Å². The fourth-order valence-corrected chi connectivity index (χ4v) is 2.82. The van der Waals surface area contributed by atoms with Gasteiger partial charge in [-0.1, -0.05) is 18.2 Å². The molecule has 1 amide bonds. The number of methoxy groups -OCH3 is 1. The molecule has 2 N–H and O–H groups in total. The van der Waals surface area contributed by atoms with Gasteiger partial charge in [-0.05, 0) is 12.1 Å². The summed E-state index contributed by atoms with van der Waals surface area (Å²) >= 11 is 0. The van der Waals surface area contributed by atoms with Crippen molar-refractivity contribution in [1.82, 2.24) is 10.3 Å². The van der Waals surface area contributed by atoms with Crippen LogP contribution in [0.3, 0.4) is 0 Å². The fourth-order valence-electron chi connectivity index (χ4n) is 2.82. The van der Waals surface area contributed by atoms with Crippen LogP contribution in [0.2, 0.25) is 0 Å². The molecule has 7 nitrogen and oxygen atoms in total. The molecule has 1 saturated heterocycles. The lowest BCUT2D eigenvalue weighted by Crippen LogP contribution is -2.37. The second-order valence-electron chi connectivity index (χ2n) is 5.66. The summed E-state index contributed by atoms with van der Waals surface area (Å²) in [4.78, 5) is 28.6. The number of ether oxygens (including phenoxy) is 2. The Labute approximate surface area is 136 Å². The molecular weight excluding hydrogens is 312 g/mol. The summed E-state index contributed by atoms with van der Waals surface area (Å²) in [5.74, 6) is -0.601. The number of nitrogens with zero attached hydrogens (tertiary/aromatic N) is 1. The number of benzene rings is 1. The van der Waals surface area contributed by atoms with Gasteiger partial charge in [-0.3, -0.25) is 9.59 Å². The standard InChI is InChI=1S/C17H14N2O5/c1-23-17-9(6-8-4-2-3-5-10(8)19-17)16(22)18-11-7-12(20)14-15(24-14)13(11)21/h2-7,13-15,21H,1H3,(H,18,22). The minimum Gasteiger partial charge on any atom is -0.480 e. The van der Waals surface area contributed by atoms with Crippen LogP contribution in [-0.2, 0) is 9.53 Å². The number of aliphatic hydroxyl groups excluding tert-OH is 1. The molecule has 3 unspecified atom stereocenters. The zero-order valence-corrected chi connectivity index (χ0v) is 12.7. The van der Waals surface area contributed by atoms with Crippen LogP contribution in [0.5, 0.6) is 5.88 Å². The molecule has 1 aliphatic heterocycles. The molecular formula is C17H14N2O5. The molecule has 2 heterocycles. The monoisotopic (exact) mass is 326 g/mol. The number of epoxide rings is 1. The van der Waals surface area contributed by atoms with Crippen molar-refractivity contribution in [2.24, 2.45) is 0 Å². The molecule has 3 atom stereocenters. The van der Waals surface area contributed by atoms with Crippen molar-refractivity contribution in [3.63, 3.8) is 0 Å². The number of carbonyl (C=O) groups is 2. The number of amides is 1. The van der Waals surface area contributed by atoms with E-state index in [2.05, 4.69) is 10.3 Å². The van der Waals surface area contributed by atoms with Crippen LogP contribution in [0.1, 0.15) is 10.4 Å². The zero-order valence-electron chi connectivity index (χ0n) is 12.7. The van der Waals surface area contributed by atoms with Crippen molar-refractivity contribution in [2.75, 3.05) is 7.11 Å². The van der Waals surface area contributed by atoms with Crippen LogP contribution in [0.4, 0.5) is 0 Å². The SMILES string of the molecule is COc1nc2ccccc2cc1C(=O)NC1=CC(=O)C2OC2C1O. The van der Waals surface area contributed by atoms with E-state index in [9.17, 15) is 14.7 Å². The van der Waals surface area contributed by atoms with Gasteiger partial charge in [0.05, 0.1) is 18.3 Å². The largest absolute Gasteiger partial charge is 0.480 e. The van der Waals surface area contributed by atoms with Crippen molar-refractivity contribution in [1.29, 1.82) is 0 Å². The normalized spacial score (nSPS) is 25.0. The third-order valence-electron chi connectivity index (χ3n) is 4.12. The first-order valence-electron chi connectivity index (χ1n) is 7.42. The van der Waals surface area contributed by atoms with Crippen LogP contribution in [-0.4, -0.2) is 47.2 Å². The van der Waals surface area contributed by atoms with Crippen LogP contribution >= 0.6 is 0 Å². The van der Waals surface area contributed by atoms with Gasteiger partial charge >= 0.3 is 0 Å². The van der Waals surface area contributed by atoms with Crippen molar-refractivity contribution in [2.45, 2.75) is 18.3 Å². The van der Waals surface area contributed by atoms with Gasteiger partial charge in [-0.2, -0.15) is 0 Å².